The van der Waals surface area contributed by atoms with Gasteiger partial charge in [-0.2, -0.15) is 4.99 Å². The highest BCUT2D eigenvalue weighted by Gasteiger charge is 2.17. The number of carbonyl (C=O) groups is 1. The molecule has 5 nitrogen and oxygen atoms in total. The zero-order valence-electron chi connectivity index (χ0n) is 8.59. The van der Waals surface area contributed by atoms with Crippen LogP contribution in [0.1, 0.15) is 12.0 Å². The molecule has 90 valence electrons. The third-order valence-corrected chi connectivity index (χ3v) is 2.01. The standard InChI is InChI=1S/C9H7F2N3O2S/c1-14(9(15)16)6-2-5(7(10)11)3-12-8(6)13-4-17/h2-3,7H,1H3,(H,15,16). The monoisotopic (exact) mass is 259 g/mol. The molecule has 1 aromatic rings. The van der Waals surface area contributed by atoms with Crippen LogP contribution in [0, 0.1) is 0 Å². The Kier molecular flexibility index (Phi) is 4.19. The fraction of sp³-hybridized carbons (Fsp3) is 0.222. The summed E-state index contributed by atoms with van der Waals surface area (Å²) >= 11 is 4.36. The fourth-order valence-electron chi connectivity index (χ4n) is 1.06. The molecule has 0 saturated heterocycles. The summed E-state index contributed by atoms with van der Waals surface area (Å²) in [6.07, 6.45) is -3.15. The number of hydrogen-bond acceptors (Lipinski definition) is 4. The van der Waals surface area contributed by atoms with Crippen LogP contribution >= 0.6 is 12.2 Å². The Balaban J connectivity index is 3.34. The van der Waals surface area contributed by atoms with Crippen molar-refractivity contribution in [2.75, 3.05) is 11.9 Å². The lowest BCUT2D eigenvalue weighted by Crippen LogP contribution is -2.24. The van der Waals surface area contributed by atoms with Crippen molar-refractivity contribution in [1.82, 2.24) is 4.98 Å². The van der Waals surface area contributed by atoms with E-state index in [4.69, 9.17) is 5.11 Å². The number of amides is 1. The van der Waals surface area contributed by atoms with Crippen LogP contribution in [0.25, 0.3) is 0 Å². The number of hydrogen-bond donors (Lipinski definition) is 1. The number of anilines is 1. The van der Waals surface area contributed by atoms with Crippen molar-refractivity contribution in [3.8, 4) is 0 Å². The maximum atomic E-state index is 12.5. The van der Waals surface area contributed by atoms with Crippen LogP contribution in [0.4, 0.5) is 25.1 Å². The van der Waals surface area contributed by atoms with Crippen LogP contribution in [-0.4, -0.2) is 28.4 Å². The molecule has 17 heavy (non-hydrogen) atoms. The lowest BCUT2D eigenvalue weighted by molar-refractivity contribution is 0.151. The minimum absolute atomic E-state index is 0.0747. The first-order valence-electron chi connectivity index (χ1n) is 4.30. The SMILES string of the molecule is CN(C(=O)O)c1cc(C(F)F)cnc1N=C=S. The number of aliphatic imine (C=N–C) groups is 1. The second-order valence-electron chi connectivity index (χ2n) is 2.96. The first kappa shape index (κ1) is 13.1. The number of halogens is 2. The Morgan fingerprint density at radius 1 is 1.71 bits per heavy atom. The summed E-state index contributed by atoms with van der Waals surface area (Å²) in [5, 5.41) is 10.8. The Morgan fingerprint density at radius 2 is 2.35 bits per heavy atom. The molecule has 0 aromatic carbocycles. The highest BCUT2D eigenvalue weighted by atomic mass is 32.1. The molecule has 8 heteroatoms. The number of rotatable bonds is 3. The van der Waals surface area contributed by atoms with E-state index in [0.717, 1.165) is 17.2 Å². The lowest BCUT2D eigenvalue weighted by atomic mass is 10.2. The third-order valence-electron chi connectivity index (χ3n) is 1.92. The number of pyridine rings is 1. The van der Waals surface area contributed by atoms with Gasteiger partial charge in [0.05, 0.1) is 10.8 Å². The Hall–Kier alpha value is -1.92. The van der Waals surface area contributed by atoms with E-state index in [2.05, 4.69) is 22.2 Å². The van der Waals surface area contributed by atoms with E-state index in [9.17, 15) is 13.6 Å². The zero-order valence-corrected chi connectivity index (χ0v) is 9.41. The molecule has 1 aromatic heterocycles. The second-order valence-corrected chi connectivity index (χ2v) is 3.14. The van der Waals surface area contributed by atoms with Crippen molar-refractivity contribution < 1.29 is 18.7 Å². The Bertz CT molecular complexity index is 489. The maximum absolute atomic E-state index is 12.5. The van der Waals surface area contributed by atoms with E-state index in [1.54, 1.807) is 0 Å². The number of aromatic nitrogens is 1. The van der Waals surface area contributed by atoms with Crippen LogP contribution in [0.2, 0.25) is 0 Å². The molecule has 0 atom stereocenters. The van der Waals surface area contributed by atoms with Crippen molar-refractivity contribution in [3.05, 3.63) is 17.8 Å². The first-order valence-corrected chi connectivity index (χ1v) is 4.70. The summed E-state index contributed by atoms with van der Waals surface area (Å²) in [6, 6.07) is 0.997. The van der Waals surface area contributed by atoms with Gasteiger partial charge >= 0.3 is 6.09 Å². The van der Waals surface area contributed by atoms with Crippen molar-refractivity contribution in [2.45, 2.75) is 6.43 Å². The average Bonchev–Trinajstić information content (AvgIpc) is 2.28. The quantitative estimate of drug-likeness (QED) is 0.669. The molecule has 0 aliphatic heterocycles. The molecule has 0 radical (unpaired) electrons. The van der Waals surface area contributed by atoms with Gasteiger partial charge in [-0.1, -0.05) is 0 Å². The van der Waals surface area contributed by atoms with Gasteiger partial charge in [0.15, 0.2) is 5.82 Å². The number of thiocarbonyl (C=S) groups is 1. The molecule has 1 N–H and O–H groups in total. The topological polar surface area (TPSA) is 65.8 Å². The minimum atomic E-state index is -2.74. The van der Waals surface area contributed by atoms with Crippen molar-refractivity contribution in [2.24, 2.45) is 4.99 Å². The van der Waals surface area contributed by atoms with E-state index in [1.165, 1.54) is 7.05 Å². The van der Waals surface area contributed by atoms with Gasteiger partial charge in [0.2, 0.25) is 0 Å². The van der Waals surface area contributed by atoms with Crippen LogP contribution in [0.15, 0.2) is 17.3 Å². The first-order chi connectivity index (χ1) is 7.97. The molecule has 0 unspecified atom stereocenters. The van der Waals surface area contributed by atoms with Gasteiger partial charge < -0.3 is 5.11 Å². The largest absolute Gasteiger partial charge is 0.465 e. The minimum Gasteiger partial charge on any atom is -0.465 e. The zero-order chi connectivity index (χ0) is 13.0. The molecule has 1 amide bonds. The number of isothiocyanates is 1. The molecule has 0 saturated carbocycles. The van der Waals surface area contributed by atoms with Gasteiger partial charge in [-0.05, 0) is 18.3 Å². The summed E-state index contributed by atoms with van der Waals surface area (Å²) in [5.41, 5.74) is -0.468. The van der Waals surface area contributed by atoms with Crippen molar-refractivity contribution >= 4 is 35.0 Å². The van der Waals surface area contributed by atoms with E-state index in [-0.39, 0.29) is 11.5 Å². The number of carboxylic acid groups (broad SMARTS) is 1. The summed E-state index contributed by atoms with van der Waals surface area (Å²) in [4.78, 5) is 18.6. The lowest BCUT2D eigenvalue weighted by Gasteiger charge is -2.15. The van der Waals surface area contributed by atoms with E-state index in [0.29, 0.717) is 0 Å². The number of alkyl halides is 2. The summed E-state index contributed by atoms with van der Waals surface area (Å²) in [7, 11) is 1.19. The Labute approximate surface area is 100 Å². The van der Waals surface area contributed by atoms with Crippen LogP contribution in [-0.2, 0) is 0 Å². The average molecular weight is 259 g/mol. The van der Waals surface area contributed by atoms with E-state index >= 15 is 0 Å². The van der Waals surface area contributed by atoms with Gasteiger partial charge in [0.1, 0.15) is 0 Å². The van der Waals surface area contributed by atoms with Crippen LogP contribution in [0.3, 0.4) is 0 Å². The molecule has 0 fully saturated rings. The predicted octanol–water partition coefficient (Wildman–Crippen LogP) is 2.87. The fourth-order valence-corrected chi connectivity index (χ4v) is 1.15. The summed E-state index contributed by atoms with van der Waals surface area (Å²) in [6.45, 7) is 0. The van der Waals surface area contributed by atoms with E-state index < -0.39 is 18.1 Å². The Morgan fingerprint density at radius 3 is 2.82 bits per heavy atom. The van der Waals surface area contributed by atoms with Gasteiger partial charge in [0, 0.05) is 18.8 Å². The van der Waals surface area contributed by atoms with Crippen LogP contribution < -0.4 is 4.90 Å². The van der Waals surface area contributed by atoms with Crippen LogP contribution in [0.5, 0.6) is 0 Å². The van der Waals surface area contributed by atoms with Gasteiger partial charge in [-0.3, -0.25) is 4.90 Å². The maximum Gasteiger partial charge on any atom is 0.411 e. The highest BCUT2D eigenvalue weighted by molar-refractivity contribution is 7.78. The molecule has 0 bridgehead atoms. The molecular formula is C9H7F2N3O2S. The summed E-state index contributed by atoms with van der Waals surface area (Å²) < 4.78 is 24.9. The number of nitrogens with zero attached hydrogens (tertiary/aromatic N) is 3. The second kappa shape index (κ2) is 5.42. The third kappa shape index (κ3) is 3.02. The van der Waals surface area contributed by atoms with Gasteiger partial charge in [-0.15, -0.1) is 0 Å². The molecule has 1 heterocycles. The molecule has 1 rings (SSSR count). The van der Waals surface area contributed by atoms with E-state index in [1.807, 2.05) is 5.16 Å². The molecule has 0 aliphatic carbocycles. The predicted molar refractivity (Wildman–Crippen MR) is 60.3 cm³/mol. The highest BCUT2D eigenvalue weighted by Crippen LogP contribution is 2.30. The molecular weight excluding hydrogens is 252 g/mol. The molecule has 0 aliphatic rings. The smallest absolute Gasteiger partial charge is 0.411 e. The van der Waals surface area contributed by atoms with Gasteiger partial charge in [-0.25, -0.2) is 18.6 Å². The van der Waals surface area contributed by atoms with Crippen molar-refractivity contribution in [3.63, 3.8) is 0 Å². The molecule has 0 spiro atoms. The van der Waals surface area contributed by atoms with Crippen molar-refractivity contribution in [1.29, 1.82) is 0 Å². The summed E-state index contributed by atoms with van der Waals surface area (Å²) in [5.74, 6) is -0.0747. The normalized spacial score (nSPS) is 9.88. The van der Waals surface area contributed by atoms with Gasteiger partial charge in [0.25, 0.3) is 6.43 Å².